The quantitative estimate of drug-likeness (QED) is 0.236. The Balaban J connectivity index is 1.42. The van der Waals surface area contributed by atoms with Gasteiger partial charge in [0, 0.05) is 30.1 Å². The van der Waals surface area contributed by atoms with Gasteiger partial charge in [0.2, 0.25) is 0 Å². The number of fused-ring (bicyclic) bond motifs is 5. The molecule has 0 amide bonds. The molecule has 0 aromatic carbocycles. The Labute approximate surface area is 262 Å². The Morgan fingerprint density at radius 1 is 1.09 bits per heavy atom. The number of hydrogen-bond donors (Lipinski definition) is 1. The molecule has 8 nitrogen and oxygen atoms in total. The van der Waals surface area contributed by atoms with Gasteiger partial charge in [-0.2, -0.15) is 0 Å². The third-order valence-electron chi connectivity index (χ3n) is 13.0. The van der Waals surface area contributed by atoms with Gasteiger partial charge in [0.1, 0.15) is 18.3 Å². The minimum atomic E-state index is -0.904. The molecule has 0 aromatic heterocycles. The Kier molecular flexibility index (Phi) is 7.62. The van der Waals surface area contributed by atoms with E-state index in [4.69, 9.17) is 18.9 Å². The van der Waals surface area contributed by atoms with Crippen LogP contribution in [0.3, 0.4) is 0 Å². The van der Waals surface area contributed by atoms with E-state index in [9.17, 15) is 19.5 Å². The van der Waals surface area contributed by atoms with Gasteiger partial charge in [0.15, 0.2) is 12.1 Å². The van der Waals surface area contributed by atoms with Crippen molar-refractivity contribution >= 4 is 17.7 Å². The zero-order valence-electron chi connectivity index (χ0n) is 27.9. The van der Waals surface area contributed by atoms with E-state index in [0.717, 1.165) is 6.42 Å². The number of rotatable bonds is 6. The van der Waals surface area contributed by atoms with Crippen molar-refractivity contribution in [3.05, 3.63) is 23.8 Å². The molecule has 1 unspecified atom stereocenters. The van der Waals surface area contributed by atoms with Crippen molar-refractivity contribution < 1.29 is 38.4 Å². The highest BCUT2D eigenvalue weighted by atomic mass is 16.7. The summed E-state index contributed by atoms with van der Waals surface area (Å²) in [4.78, 5) is 39.4. The molecule has 2 saturated heterocycles. The lowest BCUT2D eigenvalue weighted by Gasteiger charge is -2.63. The van der Waals surface area contributed by atoms with E-state index < -0.39 is 34.7 Å². The van der Waals surface area contributed by atoms with Gasteiger partial charge in [0.25, 0.3) is 0 Å². The second-order valence-corrected chi connectivity index (χ2v) is 16.3. The van der Waals surface area contributed by atoms with Crippen molar-refractivity contribution in [2.24, 2.45) is 51.8 Å². The summed E-state index contributed by atoms with van der Waals surface area (Å²) < 4.78 is 24.7. The average Bonchev–Trinajstić information content (AvgIpc) is 3.22. The van der Waals surface area contributed by atoms with Crippen molar-refractivity contribution in [3.63, 3.8) is 0 Å². The topological polar surface area (TPSA) is 112 Å². The number of carbonyl (C=O) groups excluding carboxylic acids is 3. The monoisotopic (exact) mass is 612 g/mol. The first-order valence-corrected chi connectivity index (χ1v) is 16.8. The van der Waals surface area contributed by atoms with E-state index >= 15 is 0 Å². The van der Waals surface area contributed by atoms with E-state index in [-0.39, 0.29) is 71.0 Å². The van der Waals surface area contributed by atoms with Gasteiger partial charge in [-0.1, -0.05) is 59.3 Å². The van der Waals surface area contributed by atoms with Crippen molar-refractivity contribution in [1.29, 1.82) is 0 Å². The first kappa shape index (κ1) is 31.9. The summed E-state index contributed by atoms with van der Waals surface area (Å²) in [5.74, 6) is -1.25. The van der Waals surface area contributed by atoms with E-state index in [1.807, 2.05) is 27.7 Å². The molecular weight excluding hydrogens is 560 g/mol. The molecule has 4 fully saturated rings. The summed E-state index contributed by atoms with van der Waals surface area (Å²) in [6, 6.07) is 0. The lowest BCUT2D eigenvalue weighted by Crippen LogP contribution is -2.64. The number of hydrogen-bond acceptors (Lipinski definition) is 8. The van der Waals surface area contributed by atoms with Gasteiger partial charge in [-0.15, -0.1) is 0 Å². The van der Waals surface area contributed by atoms with Crippen LogP contribution in [0.4, 0.5) is 0 Å². The van der Waals surface area contributed by atoms with Crippen molar-refractivity contribution in [1.82, 2.24) is 0 Å². The van der Waals surface area contributed by atoms with Crippen molar-refractivity contribution in [2.45, 2.75) is 131 Å². The van der Waals surface area contributed by atoms with Gasteiger partial charge in [-0.05, 0) is 74.7 Å². The number of epoxide rings is 1. The third kappa shape index (κ3) is 4.76. The largest absolute Gasteiger partial charge is 0.462 e. The molecule has 0 aromatic rings. The molecule has 13 atom stereocenters. The van der Waals surface area contributed by atoms with Gasteiger partial charge in [0.05, 0.1) is 17.6 Å². The highest BCUT2D eigenvalue weighted by Crippen LogP contribution is 2.69. The minimum Gasteiger partial charge on any atom is -0.462 e. The number of carbonyl (C=O) groups is 3. The van der Waals surface area contributed by atoms with Gasteiger partial charge >= 0.3 is 11.9 Å². The number of aliphatic hydroxyl groups excluding tert-OH is 1. The average molecular weight is 613 g/mol. The fraction of sp³-hybridized carbons (Fsp3) is 0.806. The van der Waals surface area contributed by atoms with Gasteiger partial charge in [-0.3, -0.25) is 14.4 Å². The van der Waals surface area contributed by atoms with Crippen LogP contribution in [0.25, 0.3) is 0 Å². The lowest BCUT2D eigenvalue weighted by atomic mass is 9.42. The van der Waals surface area contributed by atoms with Crippen LogP contribution in [0.15, 0.2) is 23.8 Å². The van der Waals surface area contributed by atoms with Crippen molar-refractivity contribution in [2.75, 3.05) is 0 Å². The van der Waals surface area contributed by atoms with Crippen LogP contribution in [0.2, 0.25) is 0 Å². The molecule has 244 valence electrons. The van der Waals surface area contributed by atoms with Crippen LogP contribution >= 0.6 is 0 Å². The summed E-state index contributed by atoms with van der Waals surface area (Å²) in [7, 11) is 0. The highest BCUT2D eigenvalue weighted by molar-refractivity contribution is 5.95. The summed E-state index contributed by atoms with van der Waals surface area (Å²) in [5, 5.41) is 11.3. The van der Waals surface area contributed by atoms with Crippen LogP contribution in [0.1, 0.15) is 94.4 Å². The van der Waals surface area contributed by atoms with E-state index in [1.165, 1.54) is 12.5 Å². The zero-order valence-corrected chi connectivity index (χ0v) is 27.9. The summed E-state index contributed by atoms with van der Waals surface area (Å²) in [6.07, 6.45) is 7.38. The minimum absolute atomic E-state index is 0.0310. The molecule has 44 heavy (non-hydrogen) atoms. The summed E-state index contributed by atoms with van der Waals surface area (Å²) in [5.41, 5.74) is -0.545. The molecule has 2 heterocycles. The van der Waals surface area contributed by atoms with E-state index in [1.54, 1.807) is 6.08 Å². The van der Waals surface area contributed by atoms with Crippen LogP contribution in [-0.4, -0.2) is 59.1 Å². The van der Waals surface area contributed by atoms with E-state index in [2.05, 4.69) is 39.8 Å². The Morgan fingerprint density at radius 3 is 2.39 bits per heavy atom. The molecule has 1 N–H and O–H groups in total. The number of esters is 2. The Hall–Kier alpha value is -2.03. The number of allylic oxidation sites excluding steroid dienone is 3. The molecular formula is C36H52O8. The first-order chi connectivity index (χ1) is 20.5. The number of ketones is 1. The molecule has 0 bridgehead atoms. The van der Waals surface area contributed by atoms with Gasteiger partial charge < -0.3 is 24.1 Å². The predicted molar refractivity (Wildman–Crippen MR) is 163 cm³/mol. The molecule has 2 aliphatic heterocycles. The number of aliphatic hydroxyl groups is 1. The fourth-order valence-electron chi connectivity index (χ4n) is 10.4. The van der Waals surface area contributed by atoms with E-state index in [0.29, 0.717) is 25.7 Å². The third-order valence-corrected chi connectivity index (χ3v) is 13.0. The molecule has 2 saturated carbocycles. The lowest BCUT2D eigenvalue weighted by molar-refractivity contribution is -0.199. The molecule has 0 radical (unpaired) electrons. The molecule has 8 heteroatoms. The normalized spacial score (nSPS) is 47.1. The van der Waals surface area contributed by atoms with Crippen LogP contribution in [-0.2, 0) is 33.3 Å². The summed E-state index contributed by atoms with van der Waals surface area (Å²) >= 11 is 0. The zero-order chi connectivity index (χ0) is 32.1. The molecule has 6 rings (SSSR count). The highest BCUT2D eigenvalue weighted by Gasteiger charge is 2.68. The SMILES string of the molecule is CC[C@@H](C)C(=O)O[C@@H]1C[C@]2(C)C(=CC[C@H]2[C@@H]2C[C@H]([C@@H]3OC3(C)C)OC2O)[C@H]2[C@H]1[C@@]1(C)C=CC(=O)C(C)(C)[C@@H]1C[C@H]2OC(C)=O. The predicted octanol–water partition coefficient (Wildman–Crippen LogP) is 5.56. The van der Waals surface area contributed by atoms with Crippen LogP contribution in [0.5, 0.6) is 0 Å². The second-order valence-electron chi connectivity index (χ2n) is 16.3. The second kappa shape index (κ2) is 10.5. The van der Waals surface area contributed by atoms with Crippen LogP contribution in [0, 0.1) is 51.8 Å². The molecule has 6 aliphatic rings. The fourth-order valence-corrected chi connectivity index (χ4v) is 10.4. The number of ether oxygens (including phenoxy) is 4. The maximum Gasteiger partial charge on any atom is 0.308 e. The molecule has 0 spiro atoms. The molecule has 4 aliphatic carbocycles. The maximum atomic E-state index is 13.5. The first-order valence-electron chi connectivity index (χ1n) is 16.8. The van der Waals surface area contributed by atoms with Gasteiger partial charge in [-0.25, -0.2) is 0 Å². The summed E-state index contributed by atoms with van der Waals surface area (Å²) in [6.45, 7) is 17.9. The Bertz CT molecular complexity index is 1280. The maximum absolute atomic E-state index is 13.5. The van der Waals surface area contributed by atoms with Crippen LogP contribution < -0.4 is 0 Å². The van der Waals surface area contributed by atoms with Crippen molar-refractivity contribution in [3.8, 4) is 0 Å². The smallest absolute Gasteiger partial charge is 0.308 e. The Morgan fingerprint density at radius 2 is 1.77 bits per heavy atom. The standard InChI is InChI=1S/C36H52O8/c1-10-18(2)31(39)43-25-17-36(9)21(20-15-24(42-32(20)40)30-34(6,7)44-30)11-12-22(36)28-23(41-19(3)37)16-26-33(4,5)27(38)13-14-35(26,8)29(25)28/h12-14,18,20-21,23-26,28-30,32,40H,10-11,15-17H2,1-9H3/t18-,20+,21+,23-,24-,25-,26+,28-,29+,30+,32?,35+,36+/m1/s1.